The van der Waals surface area contributed by atoms with E-state index in [9.17, 15) is 5.26 Å². The van der Waals surface area contributed by atoms with Gasteiger partial charge in [-0.1, -0.05) is 0 Å². The molecule has 1 aliphatic rings. The third-order valence-electron chi connectivity index (χ3n) is 3.68. The van der Waals surface area contributed by atoms with E-state index in [1.807, 2.05) is 18.2 Å². The summed E-state index contributed by atoms with van der Waals surface area (Å²) in [6.45, 7) is 2.77. The van der Waals surface area contributed by atoms with Gasteiger partial charge in [0.1, 0.15) is 11.8 Å². The fourth-order valence-electron chi connectivity index (χ4n) is 2.57. The molecule has 1 aliphatic heterocycles. The predicted molar refractivity (Wildman–Crippen MR) is 74.5 cm³/mol. The number of hydrogen-bond acceptors (Lipinski definition) is 4. The van der Waals surface area contributed by atoms with Crippen molar-refractivity contribution in [1.82, 2.24) is 0 Å². The standard InChI is InChI=1S/C15H20N2O2/c1-18-11-12-5-7-17(8-6-12)15-9-14(19-2)4-3-13(15)10-16/h3-4,9,12H,5-8,11H2,1-2H3. The van der Waals surface area contributed by atoms with Crippen molar-refractivity contribution in [2.24, 2.45) is 5.92 Å². The van der Waals surface area contributed by atoms with Gasteiger partial charge in [0.25, 0.3) is 0 Å². The summed E-state index contributed by atoms with van der Waals surface area (Å²) in [5, 5.41) is 9.21. The summed E-state index contributed by atoms with van der Waals surface area (Å²) in [7, 11) is 3.40. The van der Waals surface area contributed by atoms with Crippen LogP contribution in [0.1, 0.15) is 18.4 Å². The molecule has 1 aromatic rings. The molecule has 1 saturated heterocycles. The van der Waals surface area contributed by atoms with Gasteiger partial charge in [0.15, 0.2) is 0 Å². The van der Waals surface area contributed by atoms with Crippen molar-refractivity contribution in [3.05, 3.63) is 23.8 Å². The molecule has 0 bridgehead atoms. The molecule has 2 rings (SSSR count). The lowest BCUT2D eigenvalue weighted by atomic mass is 9.97. The van der Waals surface area contributed by atoms with Gasteiger partial charge in [-0.15, -0.1) is 0 Å². The molecule has 19 heavy (non-hydrogen) atoms. The number of piperidine rings is 1. The van der Waals surface area contributed by atoms with Crippen molar-refractivity contribution < 1.29 is 9.47 Å². The average molecular weight is 260 g/mol. The zero-order chi connectivity index (χ0) is 13.7. The smallest absolute Gasteiger partial charge is 0.121 e. The first-order chi connectivity index (χ1) is 9.28. The lowest BCUT2D eigenvalue weighted by molar-refractivity contribution is 0.139. The molecule has 102 valence electrons. The van der Waals surface area contributed by atoms with Crippen molar-refractivity contribution in [3.63, 3.8) is 0 Å². The Kier molecular flexibility index (Phi) is 4.64. The third-order valence-corrected chi connectivity index (χ3v) is 3.68. The Morgan fingerprint density at radius 3 is 2.63 bits per heavy atom. The lowest BCUT2D eigenvalue weighted by Crippen LogP contribution is -2.35. The SMILES string of the molecule is COCC1CCN(c2cc(OC)ccc2C#N)CC1. The van der Waals surface area contributed by atoms with Crippen LogP contribution in [-0.4, -0.2) is 33.9 Å². The predicted octanol–water partition coefficient (Wildman–Crippen LogP) is 2.43. The summed E-state index contributed by atoms with van der Waals surface area (Å²) in [5.41, 5.74) is 1.70. The number of benzene rings is 1. The molecular weight excluding hydrogens is 240 g/mol. The highest BCUT2D eigenvalue weighted by molar-refractivity contribution is 5.62. The van der Waals surface area contributed by atoms with Crippen LogP contribution in [0.2, 0.25) is 0 Å². The van der Waals surface area contributed by atoms with Gasteiger partial charge in [-0.3, -0.25) is 0 Å². The first kappa shape index (κ1) is 13.7. The van der Waals surface area contributed by atoms with Gasteiger partial charge >= 0.3 is 0 Å². The molecule has 1 heterocycles. The number of ether oxygens (including phenoxy) is 2. The van der Waals surface area contributed by atoms with Gasteiger partial charge in [-0.05, 0) is 30.9 Å². The molecular formula is C15H20N2O2. The second-order valence-electron chi connectivity index (χ2n) is 4.88. The van der Waals surface area contributed by atoms with Crippen LogP contribution in [-0.2, 0) is 4.74 Å². The maximum atomic E-state index is 9.21. The van der Waals surface area contributed by atoms with Crippen LogP contribution in [0.15, 0.2) is 18.2 Å². The van der Waals surface area contributed by atoms with Crippen LogP contribution in [0.3, 0.4) is 0 Å². The lowest BCUT2D eigenvalue weighted by Gasteiger charge is -2.33. The van der Waals surface area contributed by atoms with Gasteiger partial charge in [-0.2, -0.15) is 5.26 Å². The number of hydrogen-bond donors (Lipinski definition) is 0. The zero-order valence-corrected chi connectivity index (χ0v) is 11.6. The number of rotatable bonds is 4. The molecule has 0 spiro atoms. The molecule has 0 saturated carbocycles. The molecule has 0 aromatic heterocycles. The first-order valence-corrected chi connectivity index (χ1v) is 6.60. The molecule has 0 unspecified atom stereocenters. The van der Waals surface area contributed by atoms with Crippen LogP contribution in [0.4, 0.5) is 5.69 Å². The summed E-state index contributed by atoms with van der Waals surface area (Å²) in [4.78, 5) is 2.27. The fourth-order valence-corrected chi connectivity index (χ4v) is 2.57. The largest absolute Gasteiger partial charge is 0.497 e. The minimum absolute atomic E-state index is 0.636. The Morgan fingerprint density at radius 1 is 1.32 bits per heavy atom. The van der Waals surface area contributed by atoms with Crippen LogP contribution >= 0.6 is 0 Å². The maximum absolute atomic E-state index is 9.21. The number of nitrogens with zero attached hydrogens (tertiary/aromatic N) is 2. The van der Waals surface area contributed by atoms with E-state index in [2.05, 4.69) is 11.0 Å². The monoisotopic (exact) mass is 260 g/mol. The summed E-state index contributed by atoms with van der Waals surface area (Å²) in [5.74, 6) is 1.44. The molecule has 0 atom stereocenters. The second kappa shape index (κ2) is 6.44. The van der Waals surface area contributed by atoms with Gasteiger partial charge in [0, 0.05) is 32.9 Å². The first-order valence-electron chi connectivity index (χ1n) is 6.60. The summed E-state index contributed by atoms with van der Waals surface area (Å²) in [6, 6.07) is 7.87. The Balaban J connectivity index is 2.12. The molecule has 1 aromatic carbocycles. The topological polar surface area (TPSA) is 45.5 Å². The number of methoxy groups -OCH3 is 2. The minimum Gasteiger partial charge on any atom is -0.497 e. The quantitative estimate of drug-likeness (QED) is 0.834. The number of anilines is 1. The van der Waals surface area contributed by atoms with Gasteiger partial charge < -0.3 is 14.4 Å². The minimum atomic E-state index is 0.636. The highest BCUT2D eigenvalue weighted by atomic mass is 16.5. The van der Waals surface area contributed by atoms with E-state index >= 15 is 0 Å². The second-order valence-corrected chi connectivity index (χ2v) is 4.88. The van der Waals surface area contributed by atoms with Crippen molar-refractivity contribution in [1.29, 1.82) is 5.26 Å². The van der Waals surface area contributed by atoms with E-state index in [0.29, 0.717) is 11.5 Å². The molecule has 0 aliphatic carbocycles. The van der Waals surface area contributed by atoms with E-state index in [4.69, 9.17) is 9.47 Å². The van der Waals surface area contributed by atoms with E-state index in [-0.39, 0.29) is 0 Å². The van der Waals surface area contributed by atoms with E-state index < -0.39 is 0 Å². The van der Waals surface area contributed by atoms with Crippen molar-refractivity contribution in [2.75, 3.05) is 38.8 Å². The summed E-state index contributed by atoms with van der Waals surface area (Å²) >= 11 is 0. The van der Waals surface area contributed by atoms with Crippen LogP contribution < -0.4 is 9.64 Å². The van der Waals surface area contributed by atoms with E-state index in [0.717, 1.165) is 44.0 Å². The Hall–Kier alpha value is -1.73. The van der Waals surface area contributed by atoms with Crippen LogP contribution in [0.25, 0.3) is 0 Å². The van der Waals surface area contributed by atoms with Gasteiger partial charge in [-0.25, -0.2) is 0 Å². The van der Waals surface area contributed by atoms with E-state index in [1.54, 1.807) is 14.2 Å². The molecule has 4 heteroatoms. The van der Waals surface area contributed by atoms with Crippen LogP contribution in [0.5, 0.6) is 5.75 Å². The molecule has 0 radical (unpaired) electrons. The molecule has 0 N–H and O–H groups in total. The highest BCUT2D eigenvalue weighted by Gasteiger charge is 2.21. The summed E-state index contributed by atoms with van der Waals surface area (Å²) in [6.07, 6.45) is 2.21. The van der Waals surface area contributed by atoms with Crippen molar-refractivity contribution >= 4 is 5.69 Å². The summed E-state index contributed by atoms with van der Waals surface area (Å²) < 4.78 is 10.5. The maximum Gasteiger partial charge on any atom is 0.121 e. The zero-order valence-electron chi connectivity index (χ0n) is 11.6. The van der Waals surface area contributed by atoms with Crippen molar-refractivity contribution in [2.45, 2.75) is 12.8 Å². The molecule has 4 nitrogen and oxygen atoms in total. The van der Waals surface area contributed by atoms with E-state index in [1.165, 1.54) is 0 Å². The van der Waals surface area contributed by atoms with Gasteiger partial charge in [0.05, 0.1) is 18.4 Å². The molecule has 1 fully saturated rings. The van der Waals surface area contributed by atoms with Crippen molar-refractivity contribution in [3.8, 4) is 11.8 Å². The number of nitriles is 1. The van der Waals surface area contributed by atoms with Crippen LogP contribution in [0, 0.1) is 17.2 Å². The third kappa shape index (κ3) is 3.18. The normalized spacial score (nSPS) is 16.2. The highest BCUT2D eigenvalue weighted by Crippen LogP contribution is 2.29. The fraction of sp³-hybridized carbons (Fsp3) is 0.533. The Morgan fingerprint density at radius 2 is 2.05 bits per heavy atom. The molecule has 0 amide bonds. The van der Waals surface area contributed by atoms with Gasteiger partial charge in [0.2, 0.25) is 0 Å². The Bertz CT molecular complexity index is 460. The Labute approximate surface area is 114 Å². The average Bonchev–Trinajstić information content (AvgIpc) is 2.47.